The highest BCUT2D eigenvalue weighted by Gasteiger charge is 2.16. The number of nitrogens with zero attached hydrogens (tertiary/aromatic N) is 1. The minimum atomic E-state index is -0.518. The Labute approximate surface area is 198 Å². The molecule has 4 N–H and O–H groups in total. The largest absolute Gasteiger partial charge is 0.507 e. The third-order valence-corrected chi connectivity index (χ3v) is 5.34. The van der Waals surface area contributed by atoms with Crippen LogP contribution in [0.1, 0.15) is 34.6 Å². The molecule has 0 atom stereocenters. The van der Waals surface area contributed by atoms with E-state index in [4.69, 9.17) is 4.74 Å². The fourth-order valence-corrected chi connectivity index (χ4v) is 3.38. The van der Waals surface area contributed by atoms with Gasteiger partial charge >= 0.3 is 0 Å². The Balaban J connectivity index is 1.83. The second kappa shape index (κ2) is 11.7. The summed E-state index contributed by atoms with van der Waals surface area (Å²) in [6.07, 6.45) is 0. The maximum absolute atomic E-state index is 12.8. The van der Waals surface area contributed by atoms with Gasteiger partial charge in [0.25, 0.3) is 11.8 Å². The van der Waals surface area contributed by atoms with E-state index in [9.17, 15) is 19.8 Å². The molecule has 0 aliphatic carbocycles. The van der Waals surface area contributed by atoms with E-state index in [1.165, 1.54) is 24.3 Å². The minimum Gasteiger partial charge on any atom is -0.507 e. The normalized spacial score (nSPS) is 10.7. The lowest BCUT2D eigenvalue weighted by Crippen LogP contribution is -2.28. The zero-order chi connectivity index (χ0) is 24.5. The van der Waals surface area contributed by atoms with Crippen LogP contribution in [0.3, 0.4) is 0 Å². The van der Waals surface area contributed by atoms with E-state index in [0.29, 0.717) is 30.3 Å². The second-order valence-corrected chi connectivity index (χ2v) is 7.53. The van der Waals surface area contributed by atoms with Gasteiger partial charge in [0.2, 0.25) is 0 Å². The molecule has 0 aliphatic heterocycles. The number of likely N-dealkylation sites (N-methyl/N-ethyl adjacent to an activating group) is 1. The molecule has 34 heavy (non-hydrogen) atoms. The Morgan fingerprint density at radius 2 is 1.38 bits per heavy atom. The first-order chi connectivity index (χ1) is 16.4. The van der Waals surface area contributed by atoms with Crippen molar-refractivity contribution >= 4 is 23.2 Å². The Morgan fingerprint density at radius 3 is 1.94 bits per heavy atom. The summed E-state index contributed by atoms with van der Waals surface area (Å²) in [5, 5.41) is 25.5. The molecule has 0 saturated carbocycles. The van der Waals surface area contributed by atoms with Crippen LogP contribution in [0.5, 0.6) is 17.2 Å². The van der Waals surface area contributed by atoms with Gasteiger partial charge in [0, 0.05) is 12.2 Å². The van der Waals surface area contributed by atoms with Gasteiger partial charge < -0.3 is 30.5 Å². The number of ether oxygens (including phenoxy) is 1. The van der Waals surface area contributed by atoms with Crippen molar-refractivity contribution in [1.82, 2.24) is 4.90 Å². The highest BCUT2D eigenvalue weighted by molar-refractivity contribution is 6.08. The fourth-order valence-electron chi connectivity index (χ4n) is 3.38. The summed E-state index contributed by atoms with van der Waals surface area (Å²) >= 11 is 0. The van der Waals surface area contributed by atoms with Gasteiger partial charge in [-0.1, -0.05) is 38.1 Å². The van der Waals surface area contributed by atoms with Crippen molar-refractivity contribution in [3.8, 4) is 17.2 Å². The highest BCUT2D eigenvalue weighted by atomic mass is 16.5. The lowest BCUT2D eigenvalue weighted by molar-refractivity contribution is 0.101. The van der Waals surface area contributed by atoms with Crippen molar-refractivity contribution < 1.29 is 24.5 Å². The number of hydrogen-bond donors (Lipinski definition) is 4. The molecular weight excluding hydrogens is 434 g/mol. The zero-order valence-electron chi connectivity index (χ0n) is 19.2. The van der Waals surface area contributed by atoms with Gasteiger partial charge in [-0.2, -0.15) is 0 Å². The predicted octanol–water partition coefficient (Wildman–Crippen LogP) is 4.32. The number of aromatic hydroxyl groups is 2. The maximum atomic E-state index is 12.8. The van der Waals surface area contributed by atoms with Gasteiger partial charge in [-0.05, 0) is 55.6 Å². The fraction of sp³-hybridized carbons (Fsp3) is 0.231. The summed E-state index contributed by atoms with van der Waals surface area (Å²) in [6.45, 7) is 7.06. The monoisotopic (exact) mass is 463 g/mol. The molecule has 0 saturated heterocycles. The van der Waals surface area contributed by atoms with Gasteiger partial charge in [-0.15, -0.1) is 0 Å². The number of carbonyl (C=O) groups is 2. The lowest BCUT2D eigenvalue weighted by atomic mass is 10.1. The third kappa shape index (κ3) is 6.26. The number of hydrogen-bond acceptors (Lipinski definition) is 6. The van der Waals surface area contributed by atoms with Gasteiger partial charge in [0.1, 0.15) is 23.9 Å². The van der Waals surface area contributed by atoms with Gasteiger partial charge in [0.05, 0.1) is 16.8 Å². The SMILES string of the molecule is CCN(CC)CCOc1ccc(NC(=O)c2ccccc2O)cc1NC(=O)c1ccccc1O. The number of carbonyl (C=O) groups excluding carboxylic acids is 2. The van der Waals surface area contributed by atoms with Crippen molar-refractivity contribution in [3.05, 3.63) is 77.9 Å². The smallest absolute Gasteiger partial charge is 0.259 e. The van der Waals surface area contributed by atoms with Gasteiger partial charge in [0.15, 0.2) is 0 Å². The van der Waals surface area contributed by atoms with Crippen molar-refractivity contribution in [3.63, 3.8) is 0 Å². The molecule has 0 fully saturated rings. The highest BCUT2D eigenvalue weighted by Crippen LogP contribution is 2.30. The molecule has 3 rings (SSSR count). The molecule has 178 valence electrons. The number of para-hydroxylation sites is 2. The summed E-state index contributed by atoms with van der Waals surface area (Å²) in [5.74, 6) is -0.865. The standard InChI is InChI=1S/C26H29N3O5/c1-3-29(4-2)15-16-34-24-14-13-18(27-25(32)19-9-5-7-11-22(19)30)17-21(24)28-26(33)20-10-6-8-12-23(20)31/h5-14,17,30-31H,3-4,15-16H2,1-2H3,(H,27,32)(H,28,33). The molecular formula is C26H29N3O5. The molecule has 3 aromatic rings. The van der Waals surface area contributed by atoms with Crippen LogP contribution >= 0.6 is 0 Å². The van der Waals surface area contributed by atoms with Crippen LogP contribution in [0, 0.1) is 0 Å². The topological polar surface area (TPSA) is 111 Å². The van der Waals surface area contributed by atoms with Crippen LogP contribution in [0.4, 0.5) is 11.4 Å². The molecule has 8 nitrogen and oxygen atoms in total. The Bertz CT molecular complexity index is 1140. The summed E-state index contributed by atoms with van der Waals surface area (Å²) in [6, 6.07) is 17.3. The average molecular weight is 464 g/mol. The second-order valence-electron chi connectivity index (χ2n) is 7.53. The summed E-state index contributed by atoms with van der Waals surface area (Å²) in [5.41, 5.74) is 0.974. The van der Waals surface area contributed by atoms with E-state index >= 15 is 0 Å². The van der Waals surface area contributed by atoms with Gasteiger partial charge in [-0.25, -0.2) is 0 Å². The number of anilines is 2. The molecule has 8 heteroatoms. The summed E-state index contributed by atoms with van der Waals surface area (Å²) < 4.78 is 5.93. The number of phenols is 2. The van der Waals surface area contributed by atoms with Crippen molar-refractivity contribution in [2.75, 3.05) is 36.9 Å². The first-order valence-corrected chi connectivity index (χ1v) is 11.1. The Kier molecular flexibility index (Phi) is 8.48. The summed E-state index contributed by atoms with van der Waals surface area (Å²) in [7, 11) is 0. The van der Waals surface area contributed by atoms with Crippen LogP contribution in [0.25, 0.3) is 0 Å². The first kappa shape index (κ1) is 24.6. The van der Waals surface area contributed by atoms with E-state index < -0.39 is 11.8 Å². The van der Waals surface area contributed by atoms with E-state index in [2.05, 4.69) is 29.4 Å². The molecule has 0 bridgehead atoms. The first-order valence-electron chi connectivity index (χ1n) is 11.1. The predicted molar refractivity (Wildman–Crippen MR) is 132 cm³/mol. The van der Waals surface area contributed by atoms with E-state index in [1.54, 1.807) is 42.5 Å². The molecule has 0 spiro atoms. The number of phenolic OH excluding ortho intramolecular Hbond substituents is 2. The van der Waals surface area contributed by atoms with Crippen molar-refractivity contribution in [1.29, 1.82) is 0 Å². The molecule has 0 unspecified atom stereocenters. The van der Waals surface area contributed by atoms with Crippen molar-refractivity contribution in [2.45, 2.75) is 13.8 Å². The van der Waals surface area contributed by atoms with Crippen LogP contribution < -0.4 is 15.4 Å². The molecule has 0 heterocycles. The van der Waals surface area contributed by atoms with Crippen LogP contribution in [0.15, 0.2) is 66.7 Å². The van der Waals surface area contributed by atoms with E-state index in [0.717, 1.165) is 13.1 Å². The van der Waals surface area contributed by atoms with Crippen molar-refractivity contribution in [2.24, 2.45) is 0 Å². The molecule has 0 radical (unpaired) electrons. The zero-order valence-corrected chi connectivity index (χ0v) is 19.2. The quantitative estimate of drug-likeness (QED) is 0.356. The number of amides is 2. The van der Waals surface area contributed by atoms with Crippen LogP contribution in [-0.2, 0) is 0 Å². The van der Waals surface area contributed by atoms with Crippen LogP contribution in [-0.4, -0.2) is 53.2 Å². The number of benzene rings is 3. The average Bonchev–Trinajstić information content (AvgIpc) is 2.83. The van der Waals surface area contributed by atoms with E-state index in [-0.39, 0.29) is 22.6 Å². The molecule has 0 aliphatic rings. The Hall–Kier alpha value is -4.04. The maximum Gasteiger partial charge on any atom is 0.259 e. The minimum absolute atomic E-state index is 0.111. The number of nitrogens with one attached hydrogen (secondary N) is 2. The Morgan fingerprint density at radius 1 is 0.824 bits per heavy atom. The number of rotatable bonds is 10. The summed E-state index contributed by atoms with van der Waals surface area (Å²) in [4.78, 5) is 27.6. The van der Waals surface area contributed by atoms with Gasteiger partial charge in [-0.3, -0.25) is 9.59 Å². The molecule has 3 aromatic carbocycles. The lowest BCUT2D eigenvalue weighted by Gasteiger charge is -2.19. The van der Waals surface area contributed by atoms with E-state index in [1.807, 2.05) is 0 Å². The van der Waals surface area contributed by atoms with Crippen LogP contribution in [0.2, 0.25) is 0 Å². The third-order valence-electron chi connectivity index (χ3n) is 5.34. The molecule has 0 aromatic heterocycles. The molecule has 2 amide bonds.